The molecule has 220 valence electrons. The molecule has 1 saturated heterocycles. The number of ketones is 1. The molecular formula is C30H31N3O8S. The van der Waals surface area contributed by atoms with Crippen molar-refractivity contribution < 1.29 is 33.9 Å². The first-order valence-corrected chi connectivity index (χ1v) is 14.3. The van der Waals surface area contributed by atoms with E-state index in [-0.39, 0.29) is 44.9 Å². The van der Waals surface area contributed by atoms with Crippen LogP contribution in [0, 0.1) is 23.0 Å². The van der Waals surface area contributed by atoms with Gasteiger partial charge < -0.3 is 14.6 Å². The van der Waals surface area contributed by atoms with Gasteiger partial charge in [-0.2, -0.15) is 0 Å². The van der Waals surface area contributed by atoms with Crippen molar-refractivity contribution in [3.8, 4) is 5.75 Å². The summed E-state index contributed by atoms with van der Waals surface area (Å²) < 4.78 is 11.0. The summed E-state index contributed by atoms with van der Waals surface area (Å²) in [5.41, 5.74) is 0.222. The molecule has 11 nitrogen and oxygen atoms in total. The van der Waals surface area contributed by atoms with Crippen molar-refractivity contribution in [3.63, 3.8) is 0 Å². The van der Waals surface area contributed by atoms with Crippen molar-refractivity contribution in [2.75, 3.05) is 18.1 Å². The van der Waals surface area contributed by atoms with E-state index in [1.165, 1.54) is 24.3 Å². The van der Waals surface area contributed by atoms with Crippen LogP contribution in [0.2, 0.25) is 0 Å². The van der Waals surface area contributed by atoms with Crippen molar-refractivity contribution in [2.45, 2.75) is 46.6 Å². The summed E-state index contributed by atoms with van der Waals surface area (Å²) in [6.45, 7) is 8.12. The first kappa shape index (κ1) is 30.4. The highest BCUT2D eigenvalue weighted by molar-refractivity contribution is 7.17. The van der Waals surface area contributed by atoms with Gasteiger partial charge in [0.25, 0.3) is 11.5 Å². The molecule has 0 radical (unpaired) electrons. The van der Waals surface area contributed by atoms with Crippen molar-refractivity contribution in [2.24, 2.45) is 5.92 Å². The second-order valence-corrected chi connectivity index (χ2v) is 11.1. The molecule has 1 fully saturated rings. The fourth-order valence-electron chi connectivity index (χ4n) is 4.34. The number of esters is 1. The average Bonchev–Trinajstić information content (AvgIpc) is 3.48. The van der Waals surface area contributed by atoms with Gasteiger partial charge in [0.15, 0.2) is 5.13 Å². The number of aromatic nitrogens is 1. The maximum Gasteiger partial charge on any atom is 0.350 e. The number of carbonyl (C=O) groups is 3. The van der Waals surface area contributed by atoms with E-state index in [1.807, 2.05) is 20.8 Å². The number of nitro groups is 1. The molecule has 0 unspecified atom stereocenters. The van der Waals surface area contributed by atoms with E-state index in [0.29, 0.717) is 18.1 Å². The fraction of sp³-hybridized carbons (Fsp3) is 0.333. The van der Waals surface area contributed by atoms with Gasteiger partial charge in [0.1, 0.15) is 16.4 Å². The average molecular weight is 594 g/mol. The Kier molecular flexibility index (Phi) is 9.36. The third-order valence-electron chi connectivity index (χ3n) is 6.46. The van der Waals surface area contributed by atoms with E-state index in [0.717, 1.165) is 29.1 Å². The van der Waals surface area contributed by atoms with Crippen LogP contribution in [0.3, 0.4) is 0 Å². The summed E-state index contributed by atoms with van der Waals surface area (Å²) in [6.07, 6.45) is 1.84. The van der Waals surface area contributed by atoms with Gasteiger partial charge in [-0.1, -0.05) is 50.7 Å². The molecule has 4 rings (SSSR count). The maximum atomic E-state index is 13.5. The Morgan fingerprint density at radius 1 is 1.19 bits per heavy atom. The number of unbranched alkanes of at least 4 members (excludes halogenated alkanes) is 1. The van der Waals surface area contributed by atoms with Gasteiger partial charge in [0.05, 0.1) is 35.4 Å². The molecule has 1 aliphatic heterocycles. The van der Waals surface area contributed by atoms with Crippen LogP contribution in [0.1, 0.15) is 66.1 Å². The van der Waals surface area contributed by atoms with Crippen LogP contribution in [-0.4, -0.2) is 45.9 Å². The second-order valence-electron chi connectivity index (χ2n) is 10.2. The largest absolute Gasteiger partial charge is 0.507 e. The number of amides is 1. The van der Waals surface area contributed by atoms with Crippen LogP contribution < -0.4 is 9.64 Å². The van der Waals surface area contributed by atoms with Gasteiger partial charge in [0, 0.05) is 17.7 Å². The normalized spacial score (nSPS) is 16.2. The molecule has 42 heavy (non-hydrogen) atoms. The fourth-order valence-corrected chi connectivity index (χ4v) is 5.32. The number of hydrogen-bond donors (Lipinski definition) is 1. The van der Waals surface area contributed by atoms with Crippen molar-refractivity contribution in [1.29, 1.82) is 0 Å². The van der Waals surface area contributed by atoms with E-state index >= 15 is 0 Å². The lowest BCUT2D eigenvalue weighted by Crippen LogP contribution is -2.29. The molecule has 12 heteroatoms. The minimum absolute atomic E-state index is 0.0151. The van der Waals surface area contributed by atoms with Gasteiger partial charge in [-0.05, 0) is 49.1 Å². The molecule has 2 heterocycles. The number of rotatable bonds is 11. The number of aliphatic hydroxyl groups excluding tert-OH is 1. The van der Waals surface area contributed by atoms with E-state index < -0.39 is 34.4 Å². The van der Waals surface area contributed by atoms with E-state index in [1.54, 1.807) is 31.2 Å². The molecule has 0 saturated carbocycles. The number of aryl methyl sites for hydroxylation is 1. The quantitative estimate of drug-likeness (QED) is 0.0539. The van der Waals surface area contributed by atoms with Crippen LogP contribution >= 0.6 is 11.3 Å². The Balaban J connectivity index is 1.82. The SMILES string of the molecule is CCCCOc1ccc(C(O)=C2C(=O)C(=O)N(c3nc(C)c(C(=O)OCC(C)C)s3)[C@H]2c2cccc([N+](=O)[O-])c2)cc1. The summed E-state index contributed by atoms with van der Waals surface area (Å²) in [7, 11) is 0. The highest BCUT2D eigenvalue weighted by atomic mass is 32.1. The first-order chi connectivity index (χ1) is 20.0. The number of non-ortho nitro benzene ring substituents is 1. The summed E-state index contributed by atoms with van der Waals surface area (Å²) in [5, 5.41) is 23.0. The third kappa shape index (κ3) is 6.33. The molecule has 1 aromatic heterocycles. The number of aliphatic hydroxyl groups is 1. The molecule has 2 aromatic carbocycles. The number of anilines is 1. The number of nitro benzene ring substituents is 1. The Bertz CT molecular complexity index is 1540. The predicted octanol–water partition coefficient (Wildman–Crippen LogP) is 5.98. The number of nitrogens with zero attached hydrogens (tertiary/aromatic N) is 3. The lowest BCUT2D eigenvalue weighted by Gasteiger charge is -2.22. The first-order valence-electron chi connectivity index (χ1n) is 13.5. The molecule has 1 atom stereocenters. The van der Waals surface area contributed by atoms with Crippen LogP contribution in [0.15, 0.2) is 54.1 Å². The number of ether oxygens (including phenoxy) is 2. The van der Waals surface area contributed by atoms with Gasteiger partial charge in [-0.15, -0.1) is 0 Å². The van der Waals surface area contributed by atoms with Crippen LogP contribution in [0.5, 0.6) is 5.75 Å². The molecular weight excluding hydrogens is 562 g/mol. The lowest BCUT2D eigenvalue weighted by molar-refractivity contribution is -0.384. The summed E-state index contributed by atoms with van der Waals surface area (Å²) in [6, 6.07) is 10.6. The van der Waals surface area contributed by atoms with E-state index in [2.05, 4.69) is 4.98 Å². The van der Waals surface area contributed by atoms with E-state index in [4.69, 9.17) is 9.47 Å². The Morgan fingerprint density at radius 3 is 2.55 bits per heavy atom. The zero-order valence-electron chi connectivity index (χ0n) is 23.7. The van der Waals surface area contributed by atoms with E-state index in [9.17, 15) is 29.6 Å². The Morgan fingerprint density at radius 2 is 1.90 bits per heavy atom. The van der Waals surface area contributed by atoms with Crippen LogP contribution in [0.25, 0.3) is 5.76 Å². The lowest BCUT2D eigenvalue weighted by atomic mass is 9.95. The predicted molar refractivity (Wildman–Crippen MR) is 157 cm³/mol. The molecule has 0 bridgehead atoms. The van der Waals surface area contributed by atoms with Gasteiger partial charge in [-0.25, -0.2) is 9.78 Å². The van der Waals surface area contributed by atoms with Gasteiger partial charge in [0.2, 0.25) is 0 Å². The van der Waals surface area contributed by atoms with Crippen molar-refractivity contribution >= 4 is 45.6 Å². The smallest absolute Gasteiger partial charge is 0.350 e. The zero-order chi connectivity index (χ0) is 30.6. The molecule has 3 aromatic rings. The number of carbonyl (C=O) groups excluding carboxylic acids is 3. The van der Waals surface area contributed by atoms with Gasteiger partial charge >= 0.3 is 11.9 Å². The monoisotopic (exact) mass is 593 g/mol. The minimum Gasteiger partial charge on any atom is -0.507 e. The summed E-state index contributed by atoms with van der Waals surface area (Å²) in [4.78, 5) is 56.3. The Hall–Kier alpha value is -4.58. The third-order valence-corrected chi connectivity index (χ3v) is 7.60. The summed E-state index contributed by atoms with van der Waals surface area (Å²) in [5.74, 6) is -2.39. The van der Waals surface area contributed by atoms with Crippen LogP contribution in [-0.2, 0) is 14.3 Å². The van der Waals surface area contributed by atoms with Crippen molar-refractivity contribution in [1.82, 2.24) is 4.98 Å². The van der Waals surface area contributed by atoms with Crippen LogP contribution in [0.4, 0.5) is 10.8 Å². The highest BCUT2D eigenvalue weighted by Gasteiger charge is 2.48. The maximum absolute atomic E-state index is 13.5. The number of hydrogen-bond acceptors (Lipinski definition) is 10. The second kappa shape index (κ2) is 12.9. The minimum atomic E-state index is -1.25. The number of thiazole rings is 1. The molecule has 0 aliphatic carbocycles. The topological polar surface area (TPSA) is 149 Å². The van der Waals surface area contributed by atoms with Gasteiger partial charge in [-0.3, -0.25) is 24.6 Å². The molecule has 1 N–H and O–H groups in total. The number of Topliss-reactive ketones (excluding diaryl/α,β-unsaturated/α-hetero) is 1. The zero-order valence-corrected chi connectivity index (χ0v) is 24.5. The Labute approximate surface area is 246 Å². The standard InChI is InChI=1S/C30H31N3O8S/c1-5-6-14-40-22-12-10-19(11-13-22)25(34)23-24(20-8-7-9-21(15-20)33(38)39)32(28(36)26(23)35)30-31-18(4)27(42-30)29(37)41-16-17(2)3/h7-13,15,17,24,34H,5-6,14,16H2,1-4H3/t24-/m0/s1. The summed E-state index contributed by atoms with van der Waals surface area (Å²) >= 11 is 0.865. The molecule has 1 aliphatic rings. The molecule has 0 spiro atoms. The number of benzene rings is 2. The highest BCUT2D eigenvalue weighted by Crippen LogP contribution is 2.44. The van der Waals surface area contributed by atoms with Crippen molar-refractivity contribution in [3.05, 3.63) is 85.9 Å². The molecule has 1 amide bonds.